The summed E-state index contributed by atoms with van der Waals surface area (Å²) < 4.78 is 0. The smallest absolute Gasteiger partial charge is 0.259 e. The number of rotatable bonds is 10. The van der Waals surface area contributed by atoms with E-state index in [1.54, 1.807) is 11.3 Å². The predicted octanol–water partition coefficient (Wildman–Crippen LogP) is 4.17. The average molecular weight is 396 g/mol. The predicted molar refractivity (Wildman–Crippen MR) is 112 cm³/mol. The van der Waals surface area contributed by atoms with Crippen LogP contribution in [0.4, 0.5) is 0 Å². The van der Waals surface area contributed by atoms with Crippen molar-refractivity contribution in [2.45, 2.75) is 59.1 Å². The summed E-state index contributed by atoms with van der Waals surface area (Å²) >= 11 is 3.03. The van der Waals surface area contributed by atoms with Gasteiger partial charge in [-0.1, -0.05) is 33.1 Å². The Kier molecular flexibility index (Phi) is 8.15. The Bertz CT molecular complexity index is 798. The fourth-order valence-corrected chi connectivity index (χ4v) is 4.63. The van der Waals surface area contributed by atoms with Crippen LogP contribution in [0.5, 0.6) is 0 Å². The van der Waals surface area contributed by atoms with Gasteiger partial charge < -0.3 is 10.3 Å². The van der Waals surface area contributed by atoms with Crippen LogP contribution in [0, 0.1) is 19.8 Å². The van der Waals surface area contributed by atoms with E-state index >= 15 is 0 Å². The highest BCUT2D eigenvalue weighted by molar-refractivity contribution is 7.99. The van der Waals surface area contributed by atoms with E-state index in [2.05, 4.69) is 29.1 Å². The number of thiophene rings is 1. The molecule has 0 aliphatic rings. The molecule has 5 nitrogen and oxygen atoms in total. The third-order valence-electron chi connectivity index (χ3n) is 4.69. The van der Waals surface area contributed by atoms with Gasteiger partial charge in [0.2, 0.25) is 5.91 Å². The van der Waals surface area contributed by atoms with Gasteiger partial charge in [0.1, 0.15) is 10.7 Å². The summed E-state index contributed by atoms with van der Waals surface area (Å²) in [4.78, 5) is 33.6. The van der Waals surface area contributed by atoms with E-state index in [-0.39, 0.29) is 11.5 Å². The van der Waals surface area contributed by atoms with Crippen molar-refractivity contribution in [2.75, 3.05) is 12.3 Å². The van der Waals surface area contributed by atoms with Gasteiger partial charge in [-0.3, -0.25) is 9.59 Å². The van der Waals surface area contributed by atoms with E-state index in [1.807, 2.05) is 13.8 Å². The van der Waals surface area contributed by atoms with Gasteiger partial charge in [-0.2, -0.15) is 0 Å². The molecule has 0 spiro atoms. The Hall–Kier alpha value is -1.34. The number of carbonyl (C=O) groups is 1. The standard InChI is InChI=1S/C19H29N3O2S2/c1-5-7-8-14(6-2)9-20-16(23)11-25-10-15-21-18(24)17-12(3)13(4)26-19(17)22-15/h14H,5-11H2,1-4H3,(H,20,23)(H,21,22,24)/t14-/m1/s1. The second-order valence-corrected chi connectivity index (χ2v) is 8.88. The van der Waals surface area contributed by atoms with E-state index in [0.29, 0.717) is 28.6 Å². The van der Waals surface area contributed by atoms with E-state index in [4.69, 9.17) is 0 Å². The number of unbranched alkanes of at least 4 members (excludes halogenated alkanes) is 1. The fraction of sp³-hybridized carbons (Fsp3) is 0.632. The molecule has 0 saturated heterocycles. The number of nitrogens with one attached hydrogen (secondary N) is 2. The first-order valence-electron chi connectivity index (χ1n) is 9.29. The minimum Gasteiger partial charge on any atom is -0.355 e. The third-order valence-corrected chi connectivity index (χ3v) is 6.74. The Balaban J connectivity index is 1.83. The molecular formula is C19H29N3O2S2. The van der Waals surface area contributed by atoms with Crippen molar-refractivity contribution >= 4 is 39.2 Å². The summed E-state index contributed by atoms with van der Waals surface area (Å²) in [5.74, 6) is 2.16. The highest BCUT2D eigenvalue weighted by Crippen LogP contribution is 2.26. The van der Waals surface area contributed by atoms with Crippen molar-refractivity contribution in [3.63, 3.8) is 0 Å². The molecule has 0 bridgehead atoms. The molecule has 1 amide bonds. The first-order chi connectivity index (χ1) is 12.5. The van der Waals surface area contributed by atoms with Crippen LogP contribution in [0.2, 0.25) is 0 Å². The maximum atomic E-state index is 12.3. The van der Waals surface area contributed by atoms with Crippen LogP contribution in [0.1, 0.15) is 55.8 Å². The number of H-pyrrole nitrogens is 1. The minimum absolute atomic E-state index is 0.0520. The molecule has 2 heterocycles. The zero-order valence-corrected chi connectivity index (χ0v) is 17.7. The van der Waals surface area contributed by atoms with Gasteiger partial charge in [0.05, 0.1) is 16.9 Å². The molecule has 26 heavy (non-hydrogen) atoms. The summed E-state index contributed by atoms with van der Waals surface area (Å²) in [5, 5.41) is 3.72. The Labute approximate surface area is 163 Å². The van der Waals surface area contributed by atoms with Crippen LogP contribution in [-0.4, -0.2) is 28.2 Å². The van der Waals surface area contributed by atoms with Gasteiger partial charge in [0.25, 0.3) is 5.56 Å². The van der Waals surface area contributed by atoms with Crippen molar-refractivity contribution < 1.29 is 4.79 Å². The summed E-state index contributed by atoms with van der Waals surface area (Å²) in [6, 6.07) is 0. The minimum atomic E-state index is -0.0846. The van der Waals surface area contributed by atoms with Gasteiger partial charge in [-0.05, 0) is 31.7 Å². The van der Waals surface area contributed by atoms with E-state index in [0.717, 1.165) is 28.2 Å². The second kappa shape index (κ2) is 10.1. The lowest BCUT2D eigenvalue weighted by molar-refractivity contribution is -0.118. The number of carbonyl (C=O) groups excluding carboxylic acids is 1. The third kappa shape index (κ3) is 5.58. The molecule has 0 aliphatic carbocycles. The number of amides is 1. The first-order valence-corrected chi connectivity index (χ1v) is 11.3. The second-order valence-electron chi connectivity index (χ2n) is 6.69. The zero-order valence-electron chi connectivity index (χ0n) is 16.1. The molecule has 0 aromatic carbocycles. The number of aryl methyl sites for hydroxylation is 2. The van der Waals surface area contributed by atoms with Crippen LogP contribution >= 0.6 is 23.1 Å². The number of aromatic nitrogens is 2. The van der Waals surface area contributed by atoms with Gasteiger partial charge in [0.15, 0.2) is 0 Å². The molecule has 2 rings (SSSR count). The maximum absolute atomic E-state index is 12.3. The highest BCUT2D eigenvalue weighted by atomic mass is 32.2. The van der Waals surface area contributed by atoms with Gasteiger partial charge in [0, 0.05) is 11.4 Å². The van der Waals surface area contributed by atoms with Crippen LogP contribution in [0.3, 0.4) is 0 Å². The molecule has 1 atom stereocenters. The Morgan fingerprint density at radius 2 is 2.12 bits per heavy atom. The van der Waals surface area contributed by atoms with E-state index < -0.39 is 0 Å². The largest absolute Gasteiger partial charge is 0.355 e. The van der Waals surface area contributed by atoms with E-state index in [1.165, 1.54) is 31.0 Å². The van der Waals surface area contributed by atoms with Crippen LogP contribution in [0.25, 0.3) is 10.2 Å². The lowest BCUT2D eigenvalue weighted by atomic mass is 9.99. The monoisotopic (exact) mass is 395 g/mol. The number of hydrogen-bond acceptors (Lipinski definition) is 5. The van der Waals surface area contributed by atoms with Gasteiger partial charge in [-0.15, -0.1) is 23.1 Å². The van der Waals surface area contributed by atoms with E-state index in [9.17, 15) is 9.59 Å². The molecule has 0 fully saturated rings. The molecule has 2 aromatic rings. The number of thioether (sulfide) groups is 1. The van der Waals surface area contributed by atoms with Gasteiger partial charge in [-0.25, -0.2) is 4.98 Å². The van der Waals surface area contributed by atoms with Crippen molar-refractivity contribution in [2.24, 2.45) is 5.92 Å². The topological polar surface area (TPSA) is 74.8 Å². The SMILES string of the molecule is CCCC[C@@H](CC)CNC(=O)CSCc1nc2sc(C)c(C)c2c(=O)[nH]1. The van der Waals surface area contributed by atoms with Crippen molar-refractivity contribution in [3.05, 3.63) is 26.6 Å². The molecule has 0 saturated carbocycles. The van der Waals surface area contributed by atoms with Crippen LogP contribution in [-0.2, 0) is 10.5 Å². The molecule has 0 aliphatic heterocycles. The normalized spacial score (nSPS) is 12.5. The summed E-state index contributed by atoms with van der Waals surface area (Å²) in [5.41, 5.74) is 0.921. The molecule has 144 valence electrons. The molecule has 2 N–H and O–H groups in total. The Morgan fingerprint density at radius 1 is 1.35 bits per heavy atom. The molecule has 7 heteroatoms. The number of nitrogens with zero attached hydrogens (tertiary/aromatic N) is 1. The zero-order chi connectivity index (χ0) is 19.1. The molecule has 0 radical (unpaired) electrons. The summed E-state index contributed by atoms with van der Waals surface area (Å²) in [6.45, 7) is 9.08. The van der Waals surface area contributed by atoms with Crippen molar-refractivity contribution in [1.29, 1.82) is 0 Å². The van der Waals surface area contributed by atoms with Crippen LogP contribution < -0.4 is 10.9 Å². The lowest BCUT2D eigenvalue weighted by Gasteiger charge is -2.15. The number of hydrogen-bond donors (Lipinski definition) is 2. The molecule has 0 unspecified atom stereocenters. The maximum Gasteiger partial charge on any atom is 0.259 e. The van der Waals surface area contributed by atoms with Gasteiger partial charge >= 0.3 is 0 Å². The lowest BCUT2D eigenvalue weighted by Crippen LogP contribution is -2.30. The summed E-state index contributed by atoms with van der Waals surface area (Å²) in [6.07, 6.45) is 4.68. The average Bonchev–Trinajstić information content (AvgIpc) is 2.89. The first kappa shape index (κ1) is 21.0. The molecule has 2 aromatic heterocycles. The van der Waals surface area contributed by atoms with Crippen molar-refractivity contribution in [1.82, 2.24) is 15.3 Å². The number of aromatic amines is 1. The fourth-order valence-electron chi connectivity index (χ4n) is 2.86. The summed E-state index contributed by atoms with van der Waals surface area (Å²) in [7, 11) is 0. The highest BCUT2D eigenvalue weighted by Gasteiger charge is 2.12. The Morgan fingerprint density at radius 3 is 2.81 bits per heavy atom. The van der Waals surface area contributed by atoms with Crippen molar-refractivity contribution in [3.8, 4) is 0 Å². The quantitative estimate of drug-likeness (QED) is 0.633. The van der Waals surface area contributed by atoms with Crippen LogP contribution in [0.15, 0.2) is 4.79 Å². The number of fused-ring (bicyclic) bond motifs is 1. The molecular weight excluding hydrogens is 366 g/mol.